The van der Waals surface area contributed by atoms with E-state index in [9.17, 15) is 31.1 Å². The van der Waals surface area contributed by atoms with Crippen LogP contribution in [0.1, 0.15) is 10.4 Å². The lowest BCUT2D eigenvalue weighted by atomic mass is 10.00. The van der Waals surface area contributed by atoms with E-state index in [1.54, 1.807) is 0 Å². The Kier molecular flexibility index (Phi) is 3.63. The Morgan fingerprint density at radius 1 is 0.810 bits per heavy atom. The third kappa shape index (κ3) is 2.22. The molecule has 2 N–H and O–H groups in total. The number of hydrogen-bond acceptors (Lipinski definition) is 1. The second-order valence-corrected chi connectivity index (χ2v) is 3.97. The lowest BCUT2D eigenvalue weighted by Gasteiger charge is -2.11. The van der Waals surface area contributed by atoms with Crippen LogP contribution in [-0.4, -0.2) is 5.91 Å². The van der Waals surface area contributed by atoms with Crippen molar-refractivity contribution in [3.05, 3.63) is 58.7 Å². The number of nitrogens with two attached hydrogens (primary N) is 1. The highest BCUT2D eigenvalue weighted by molar-refractivity contribution is 5.94. The molecule has 0 unspecified atom stereocenters. The summed E-state index contributed by atoms with van der Waals surface area (Å²) in [5.41, 5.74) is 0.481. The van der Waals surface area contributed by atoms with E-state index in [0.717, 1.165) is 12.1 Å². The average Bonchev–Trinajstić information content (AvgIpc) is 2.41. The molecular weight excluding hydrogens is 300 g/mol. The maximum atomic E-state index is 13.8. The Morgan fingerprint density at radius 3 is 1.81 bits per heavy atom. The first-order valence-corrected chi connectivity index (χ1v) is 5.37. The van der Waals surface area contributed by atoms with Gasteiger partial charge >= 0.3 is 0 Å². The maximum absolute atomic E-state index is 13.8. The molecule has 2 aromatic carbocycles. The molecule has 1 amide bonds. The molecule has 0 aliphatic carbocycles. The minimum atomic E-state index is -2.08. The summed E-state index contributed by atoms with van der Waals surface area (Å²) in [6, 6.07) is 2.27. The fourth-order valence-corrected chi connectivity index (χ4v) is 1.78. The largest absolute Gasteiger partial charge is 0.365 e. The summed E-state index contributed by atoms with van der Waals surface area (Å²) in [6.07, 6.45) is 0. The molecule has 110 valence electrons. The Hall–Kier alpha value is -2.51. The van der Waals surface area contributed by atoms with Gasteiger partial charge in [0.15, 0.2) is 34.9 Å². The summed E-state index contributed by atoms with van der Waals surface area (Å²) < 4.78 is 81.3. The molecular formula is C13H5F6NO. The predicted octanol–water partition coefficient (Wildman–Crippen LogP) is 3.29. The second kappa shape index (κ2) is 5.12. The van der Waals surface area contributed by atoms with Crippen LogP contribution in [0.5, 0.6) is 0 Å². The first-order chi connectivity index (χ1) is 9.77. The highest BCUT2D eigenvalue weighted by Crippen LogP contribution is 2.34. The van der Waals surface area contributed by atoms with Gasteiger partial charge in [0, 0.05) is 5.56 Å². The Morgan fingerprint density at radius 2 is 1.33 bits per heavy atom. The Bertz CT molecular complexity index is 730. The van der Waals surface area contributed by atoms with E-state index in [-0.39, 0.29) is 0 Å². The van der Waals surface area contributed by atoms with Gasteiger partial charge in [0.1, 0.15) is 5.56 Å². The zero-order valence-corrected chi connectivity index (χ0v) is 9.99. The van der Waals surface area contributed by atoms with E-state index < -0.39 is 57.5 Å². The zero-order valence-electron chi connectivity index (χ0n) is 9.99. The maximum Gasteiger partial charge on any atom is 0.254 e. The van der Waals surface area contributed by atoms with Crippen molar-refractivity contribution in [1.29, 1.82) is 0 Å². The quantitative estimate of drug-likeness (QED) is 0.671. The molecule has 0 saturated carbocycles. The van der Waals surface area contributed by atoms with E-state index in [1.807, 2.05) is 0 Å². The highest BCUT2D eigenvalue weighted by atomic mass is 19.2. The number of primary amides is 1. The molecule has 8 heteroatoms. The lowest BCUT2D eigenvalue weighted by molar-refractivity contribution is 0.0990. The SMILES string of the molecule is NC(=O)c1c(F)c(F)c(-c2cccc(F)c2F)c(F)c1F. The van der Waals surface area contributed by atoms with Gasteiger partial charge < -0.3 is 5.73 Å². The van der Waals surface area contributed by atoms with Gasteiger partial charge in [0.2, 0.25) is 0 Å². The summed E-state index contributed by atoms with van der Waals surface area (Å²) in [5.74, 6) is -13.2. The molecule has 0 radical (unpaired) electrons. The summed E-state index contributed by atoms with van der Waals surface area (Å²) in [6.45, 7) is 0. The van der Waals surface area contributed by atoms with E-state index in [0.29, 0.717) is 6.07 Å². The predicted molar refractivity (Wildman–Crippen MR) is 60.1 cm³/mol. The van der Waals surface area contributed by atoms with Gasteiger partial charge in [0.05, 0.1) is 5.56 Å². The molecule has 0 aliphatic rings. The van der Waals surface area contributed by atoms with Crippen LogP contribution in [0.25, 0.3) is 11.1 Å². The fraction of sp³-hybridized carbons (Fsp3) is 0. The van der Waals surface area contributed by atoms with E-state index in [1.165, 1.54) is 0 Å². The number of benzene rings is 2. The van der Waals surface area contributed by atoms with Crippen LogP contribution >= 0.6 is 0 Å². The van der Waals surface area contributed by atoms with Gasteiger partial charge in [-0.2, -0.15) is 0 Å². The van der Waals surface area contributed by atoms with Crippen molar-refractivity contribution in [2.45, 2.75) is 0 Å². The molecule has 2 nitrogen and oxygen atoms in total. The fourth-order valence-electron chi connectivity index (χ4n) is 1.78. The molecule has 21 heavy (non-hydrogen) atoms. The number of carbonyl (C=O) groups is 1. The first-order valence-electron chi connectivity index (χ1n) is 5.37. The molecule has 0 spiro atoms. The zero-order chi connectivity index (χ0) is 15.9. The van der Waals surface area contributed by atoms with Gasteiger partial charge in [-0.1, -0.05) is 12.1 Å². The van der Waals surface area contributed by atoms with Gasteiger partial charge in [-0.15, -0.1) is 0 Å². The normalized spacial score (nSPS) is 10.8. The van der Waals surface area contributed by atoms with E-state index in [2.05, 4.69) is 5.73 Å². The molecule has 2 aromatic rings. The summed E-state index contributed by atoms with van der Waals surface area (Å²) in [4.78, 5) is 10.8. The Balaban J connectivity index is 2.89. The van der Waals surface area contributed by atoms with Gasteiger partial charge in [-0.25, -0.2) is 26.3 Å². The van der Waals surface area contributed by atoms with Crippen LogP contribution in [0.15, 0.2) is 18.2 Å². The van der Waals surface area contributed by atoms with Crippen molar-refractivity contribution < 1.29 is 31.1 Å². The van der Waals surface area contributed by atoms with Crippen LogP contribution in [0, 0.1) is 34.9 Å². The van der Waals surface area contributed by atoms with Crippen molar-refractivity contribution in [1.82, 2.24) is 0 Å². The highest BCUT2D eigenvalue weighted by Gasteiger charge is 2.30. The molecule has 2 rings (SSSR count). The van der Waals surface area contributed by atoms with Crippen molar-refractivity contribution in [2.24, 2.45) is 5.73 Å². The third-order valence-electron chi connectivity index (χ3n) is 2.73. The number of carbonyl (C=O) groups excluding carboxylic acids is 1. The third-order valence-corrected chi connectivity index (χ3v) is 2.73. The average molecular weight is 305 g/mol. The molecule has 0 fully saturated rings. The molecule has 0 heterocycles. The number of rotatable bonds is 2. The molecule has 0 saturated heterocycles. The summed E-state index contributed by atoms with van der Waals surface area (Å²) in [7, 11) is 0. The van der Waals surface area contributed by atoms with Crippen molar-refractivity contribution in [2.75, 3.05) is 0 Å². The summed E-state index contributed by atoms with van der Waals surface area (Å²) >= 11 is 0. The van der Waals surface area contributed by atoms with E-state index >= 15 is 0 Å². The van der Waals surface area contributed by atoms with Crippen LogP contribution < -0.4 is 5.73 Å². The second-order valence-electron chi connectivity index (χ2n) is 3.97. The molecule has 0 atom stereocenters. The van der Waals surface area contributed by atoms with Gasteiger partial charge in [-0.3, -0.25) is 4.79 Å². The molecule has 0 aliphatic heterocycles. The van der Waals surface area contributed by atoms with Gasteiger partial charge in [-0.05, 0) is 6.07 Å². The van der Waals surface area contributed by atoms with E-state index in [4.69, 9.17) is 0 Å². The monoisotopic (exact) mass is 305 g/mol. The van der Waals surface area contributed by atoms with Gasteiger partial charge in [0.25, 0.3) is 5.91 Å². The van der Waals surface area contributed by atoms with Crippen LogP contribution in [-0.2, 0) is 0 Å². The Labute approximate surface area is 113 Å². The van der Waals surface area contributed by atoms with Crippen molar-refractivity contribution in [3.8, 4) is 11.1 Å². The topological polar surface area (TPSA) is 43.1 Å². The number of halogens is 6. The molecule has 0 aromatic heterocycles. The van der Waals surface area contributed by atoms with Crippen LogP contribution in [0.3, 0.4) is 0 Å². The lowest BCUT2D eigenvalue weighted by Crippen LogP contribution is -2.19. The minimum Gasteiger partial charge on any atom is -0.365 e. The first kappa shape index (κ1) is 14.9. The standard InChI is InChI=1S/C13H5F6NO/c14-5-3-1-2-4(8(5)15)6-9(16)11(18)7(13(20)21)12(19)10(6)17/h1-3H,(H2,20,21). The number of hydrogen-bond donors (Lipinski definition) is 1. The minimum absolute atomic E-state index is 0.652. The van der Waals surface area contributed by atoms with Crippen molar-refractivity contribution >= 4 is 5.91 Å². The number of amides is 1. The van der Waals surface area contributed by atoms with Crippen LogP contribution in [0.4, 0.5) is 26.3 Å². The summed E-state index contributed by atoms with van der Waals surface area (Å²) in [5, 5.41) is 0. The van der Waals surface area contributed by atoms with Crippen molar-refractivity contribution in [3.63, 3.8) is 0 Å². The molecule has 0 bridgehead atoms. The van der Waals surface area contributed by atoms with Crippen LogP contribution in [0.2, 0.25) is 0 Å². The smallest absolute Gasteiger partial charge is 0.254 e.